The second-order valence-electron chi connectivity index (χ2n) is 8.53. The third-order valence-corrected chi connectivity index (χ3v) is 5.68. The molecule has 0 amide bonds. The topological polar surface area (TPSA) is 36.5 Å². The highest BCUT2D eigenvalue weighted by atomic mass is 16.5. The number of benzene rings is 2. The van der Waals surface area contributed by atoms with E-state index in [2.05, 4.69) is 79.6 Å². The van der Waals surface area contributed by atoms with Crippen molar-refractivity contribution in [3.8, 4) is 5.75 Å². The first-order valence-electron chi connectivity index (χ1n) is 10.1. The molecule has 2 aromatic carbocycles. The van der Waals surface area contributed by atoms with E-state index in [1.807, 2.05) is 0 Å². The van der Waals surface area contributed by atoms with Crippen LogP contribution < -0.4 is 15.4 Å². The molecule has 2 N–H and O–H groups in total. The predicted octanol–water partition coefficient (Wildman–Crippen LogP) is 4.26. The summed E-state index contributed by atoms with van der Waals surface area (Å²) in [5.41, 5.74) is 6.42. The molecule has 4 nitrogen and oxygen atoms in total. The third-order valence-electron chi connectivity index (χ3n) is 5.68. The lowest BCUT2D eigenvalue weighted by molar-refractivity contribution is 0.233. The van der Waals surface area contributed by atoms with Crippen molar-refractivity contribution in [1.82, 2.24) is 10.2 Å². The summed E-state index contributed by atoms with van der Waals surface area (Å²) in [6.45, 7) is 14.2. The maximum Gasteiger partial charge on any atom is 0.121 e. The molecule has 27 heavy (non-hydrogen) atoms. The summed E-state index contributed by atoms with van der Waals surface area (Å²) in [5, 5.41) is 7.07. The molecular weight excluding hydrogens is 334 g/mol. The molecule has 0 atom stereocenters. The molecule has 0 radical (unpaired) electrons. The Morgan fingerprint density at radius 1 is 1.00 bits per heavy atom. The van der Waals surface area contributed by atoms with Crippen molar-refractivity contribution in [3.63, 3.8) is 0 Å². The van der Waals surface area contributed by atoms with E-state index in [0.29, 0.717) is 0 Å². The number of hydrogen-bond acceptors (Lipinski definition) is 4. The van der Waals surface area contributed by atoms with Gasteiger partial charge in [-0.1, -0.05) is 32.0 Å². The number of nitrogens with zero attached hydrogens (tertiary/aromatic N) is 1. The zero-order chi connectivity index (χ0) is 19.0. The van der Waals surface area contributed by atoms with Crippen LogP contribution in [-0.4, -0.2) is 37.2 Å². The Balaban J connectivity index is 1.63. The van der Waals surface area contributed by atoms with Gasteiger partial charge in [-0.25, -0.2) is 0 Å². The van der Waals surface area contributed by atoms with Crippen LogP contribution in [0.3, 0.4) is 0 Å². The minimum absolute atomic E-state index is 0.0360. The summed E-state index contributed by atoms with van der Waals surface area (Å²) in [6, 6.07) is 13.3. The smallest absolute Gasteiger partial charge is 0.121 e. The zero-order valence-corrected chi connectivity index (χ0v) is 16.9. The van der Waals surface area contributed by atoms with Gasteiger partial charge < -0.3 is 15.4 Å². The maximum absolute atomic E-state index is 5.89. The van der Waals surface area contributed by atoms with E-state index < -0.39 is 0 Å². The molecule has 1 fully saturated rings. The average molecular weight is 366 g/mol. The van der Waals surface area contributed by atoms with Crippen LogP contribution in [0, 0.1) is 0 Å². The maximum atomic E-state index is 5.89. The van der Waals surface area contributed by atoms with Crippen molar-refractivity contribution in [1.29, 1.82) is 0 Å². The fraction of sp³-hybridized carbons (Fsp3) is 0.478. The van der Waals surface area contributed by atoms with E-state index in [1.54, 1.807) is 0 Å². The molecule has 0 bridgehead atoms. The van der Waals surface area contributed by atoms with Crippen molar-refractivity contribution in [2.24, 2.45) is 0 Å². The Morgan fingerprint density at radius 2 is 1.78 bits per heavy atom. The first kappa shape index (κ1) is 18.3. The zero-order valence-electron chi connectivity index (χ0n) is 16.9. The number of rotatable bonds is 4. The monoisotopic (exact) mass is 365 g/mol. The number of piperazine rings is 1. The fourth-order valence-corrected chi connectivity index (χ4v) is 4.25. The van der Waals surface area contributed by atoms with Crippen LogP contribution in [0.4, 0.5) is 11.4 Å². The molecule has 0 saturated carbocycles. The lowest BCUT2D eigenvalue weighted by Gasteiger charge is -2.36. The molecule has 2 heterocycles. The van der Waals surface area contributed by atoms with Crippen molar-refractivity contribution in [2.45, 2.75) is 45.8 Å². The minimum Gasteiger partial charge on any atom is -0.491 e. The summed E-state index contributed by atoms with van der Waals surface area (Å²) in [4.78, 5) is 2.53. The molecule has 0 unspecified atom stereocenters. The van der Waals surface area contributed by atoms with Gasteiger partial charge in [0.2, 0.25) is 0 Å². The normalized spacial score (nSPS) is 18.6. The Kier molecular flexibility index (Phi) is 4.87. The van der Waals surface area contributed by atoms with E-state index in [1.165, 1.54) is 22.4 Å². The molecule has 4 heteroatoms. The highest BCUT2D eigenvalue weighted by Gasteiger charge is 2.33. The van der Waals surface area contributed by atoms with Gasteiger partial charge in [0, 0.05) is 55.6 Å². The predicted molar refractivity (Wildman–Crippen MR) is 112 cm³/mol. The van der Waals surface area contributed by atoms with E-state index in [4.69, 9.17) is 4.74 Å². The second kappa shape index (κ2) is 7.17. The molecule has 0 aromatic heterocycles. The van der Waals surface area contributed by atoms with Crippen molar-refractivity contribution >= 4 is 11.4 Å². The van der Waals surface area contributed by atoms with Crippen LogP contribution in [-0.2, 0) is 12.0 Å². The van der Waals surface area contributed by atoms with Gasteiger partial charge in [-0.05, 0) is 42.7 Å². The third kappa shape index (κ3) is 3.69. The molecule has 0 spiro atoms. The van der Waals surface area contributed by atoms with Crippen LogP contribution in [0.15, 0.2) is 36.4 Å². The second-order valence-corrected chi connectivity index (χ2v) is 8.53. The Labute approximate surface area is 162 Å². The van der Waals surface area contributed by atoms with E-state index in [0.717, 1.165) is 44.2 Å². The van der Waals surface area contributed by atoms with E-state index in [-0.39, 0.29) is 11.5 Å². The minimum atomic E-state index is -0.0360. The van der Waals surface area contributed by atoms with Crippen LogP contribution in [0.1, 0.15) is 44.4 Å². The molecule has 2 aliphatic rings. The largest absolute Gasteiger partial charge is 0.491 e. The highest BCUT2D eigenvalue weighted by molar-refractivity contribution is 5.76. The summed E-state index contributed by atoms with van der Waals surface area (Å²) in [5.74, 6) is 0.922. The van der Waals surface area contributed by atoms with Crippen LogP contribution in [0.2, 0.25) is 0 Å². The molecule has 2 aliphatic heterocycles. The number of anilines is 2. The van der Waals surface area contributed by atoms with Crippen molar-refractivity contribution < 1.29 is 4.74 Å². The van der Waals surface area contributed by atoms with Gasteiger partial charge in [0.1, 0.15) is 5.75 Å². The molecule has 2 aromatic rings. The van der Waals surface area contributed by atoms with Gasteiger partial charge in [0.05, 0.1) is 6.10 Å². The van der Waals surface area contributed by atoms with E-state index >= 15 is 0 Å². The molecule has 4 rings (SSSR count). The molecule has 144 valence electrons. The molecule has 1 saturated heterocycles. The summed E-state index contributed by atoms with van der Waals surface area (Å²) < 4.78 is 5.89. The number of fused-ring (bicyclic) bond motifs is 2. The lowest BCUT2D eigenvalue weighted by Crippen LogP contribution is -2.42. The highest BCUT2D eigenvalue weighted by Crippen LogP contribution is 2.46. The molecule has 0 aliphatic carbocycles. The van der Waals surface area contributed by atoms with Crippen LogP contribution >= 0.6 is 0 Å². The van der Waals surface area contributed by atoms with Gasteiger partial charge in [0.25, 0.3) is 0 Å². The van der Waals surface area contributed by atoms with Gasteiger partial charge in [-0.2, -0.15) is 0 Å². The Hall–Kier alpha value is -2.04. The fourth-order valence-electron chi connectivity index (χ4n) is 4.25. The Bertz CT molecular complexity index is 822. The summed E-state index contributed by atoms with van der Waals surface area (Å²) in [6.07, 6.45) is 0.180. The lowest BCUT2D eigenvalue weighted by atomic mass is 9.74. The first-order chi connectivity index (χ1) is 12.9. The standard InChI is InChI=1S/C23H31N3O/c1-16(2)27-18-6-7-19-22(14-18)25-21-8-5-17(13-20(21)23(19,3)4)15-26-11-9-24-10-12-26/h5-8,13-14,16,24-25H,9-12,15H2,1-4H3. The SMILES string of the molecule is CC(C)Oc1ccc2c(c1)Nc1ccc(CN3CCNCC3)cc1C2(C)C. The van der Waals surface area contributed by atoms with Crippen LogP contribution in [0.5, 0.6) is 5.75 Å². The van der Waals surface area contributed by atoms with Crippen LogP contribution in [0.25, 0.3) is 0 Å². The number of hydrogen-bond donors (Lipinski definition) is 2. The number of ether oxygens (including phenoxy) is 1. The van der Waals surface area contributed by atoms with Gasteiger partial charge in [-0.15, -0.1) is 0 Å². The molecular formula is C23H31N3O. The summed E-state index contributed by atoms with van der Waals surface area (Å²) in [7, 11) is 0. The van der Waals surface area contributed by atoms with Crippen molar-refractivity contribution in [3.05, 3.63) is 53.1 Å². The summed E-state index contributed by atoms with van der Waals surface area (Å²) >= 11 is 0. The Morgan fingerprint density at radius 3 is 2.52 bits per heavy atom. The quantitative estimate of drug-likeness (QED) is 0.849. The van der Waals surface area contributed by atoms with E-state index in [9.17, 15) is 0 Å². The number of nitrogens with one attached hydrogen (secondary N) is 2. The van der Waals surface area contributed by atoms with Gasteiger partial charge in [-0.3, -0.25) is 4.90 Å². The van der Waals surface area contributed by atoms with Crippen molar-refractivity contribution in [2.75, 3.05) is 31.5 Å². The first-order valence-corrected chi connectivity index (χ1v) is 10.1. The average Bonchev–Trinajstić information content (AvgIpc) is 2.62. The van der Waals surface area contributed by atoms with Gasteiger partial charge >= 0.3 is 0 Å². The van der Waals surface area contributed by atoms with Gasteiger partial charge in [0.15, 0.2) is 0 Å².